The van der Waals surface area contributed by atoms with Crippen LogP contribution >= 0.6 is 0 Å². The van der Waals surface area contributed by atoms with E-state index in [4.69, 9.17) is 10.3 Å². The maximum absolute atomic E-state index is 11.8. The summed E-state index contributed by atoms with van der Waals surface area (Å²) >= 11 is 0. The number of carbonyl (C=O) groups is 1. The Morgan fingerprint density at radius 3 is 2.94 bits per heavy atom. The molecule has 1 aromatic heterocycles. The number of nitrogens with two attached hydrogens (primary N) is 1. The monoisotopic (exact) mass is 231 g/mol. The molecule has 0 radical (unpaired) electrons. The number of hydrogen-bond donors (Lipinski definition) is 2. The van der Waals surface area contributed by atoms with Crippen LogP contribution in [0.4, 0.5) is 5.69 Å². The van der Waals surface area contributed by atoms with Crippen molar-refractivity contribution in [2.24, 2.45) is 0 Å². The lowest BCUT2D eigenvalue weighted by atomic mass is 10.1. The summed E-state index contributed by atoms with van der Waals surface area (Å²) in [5.74, 6) is 0.423. The van der Waals surface area contributed by atoms with Crippen LogP contribution in [-0.2, 0) is 6.54 Å². The van der Waals surface area contributed by atoms with Crippen molar-refractivity contribution in [3.63, 3.8) is 0 Å². The summed E-state index contributed by atoms with van der Waals surface area (Å²) in [7, 11) is 0. The van der Waals surface area contributed by atoms with E-state index in [0.717, 1.165) is 5.56 Å². The third-order valence-electron chi connectivity index (χ3n) is 2.46. The van der Waals surface area contributed by atoms with Gasteiger partial charge < -0.3 is 15.6 Å². The summed E-state index contributed by atoms with van der Waals surface area (Å²) < 4.78 is 4.87. The van der Waals surface area contributed by atoms with Gasteiger partial charge in [0.2, 0.25) is 0 Å². The number of rotatable bonds is 3. The van der Waals surface area contributed by atoms with Crippen molar-refractivity contribution >= 4 is 11.6 Å². The lowest BCUT2D eigenvalue weighted by Gasteiger charge is -2.05. The molecule has 0 unspecified atom stereocenters. The predicted molar refractivity (Wildman–Crippen MR) is 63.3 cm³/mol. The number of aryl methyl sites for hydroxylation is 1. The van der Waals surface area contributed by atoms with E-state index in [1.807, 2.05) is 13.0 Å². The molecule has 5 nitrogen and oxygen atoms in total. The van der Waals surface area contributed by atoms with Crippen LogP contribution in [0.15, 0.2) is 35.0 Å². The Balaban J connectivity index is 2.02. The Hall–Kier alpha value is -2.30. The number of benzene rings is 1. The van der Waals surface area contributed by atoms with E-state index >= 15 is 0 Å². The van der Waals surface area contributed by atoms with E-state index < -0.39 is 0 Å². The number of nitrogens with zero attached hydrogens (tertiary/aromatic N) is 1. The van der Waals surface area contributed by atoms with Crippen LogP contribution in [0.25, 0.3) is 0 Å². The zero-order chi connectivity index (χ0) is 12.3. The molecule has 1 aromatic carbocycles. The fraction of sp³-hybridized carbons (Fsp3) is 0.167. The van der Waals surface area contributed by atoms with E-state index in [1.54, 1.807) is 18.2 Å². The topological polar surface area (TPSA) is 81.2 Å². The number of amides is 1. The van der Waals surface area contributed by atoms with Crippen molar-refractivity contribution < 1.29 is 9.32 Å². The Morgan fingerprint density at radius 2 is 2.29 bits per heavy atom. The van der Waals surface area contributed by atoms with Crippen LogP contribution < -0.4 is 11.1 Å². The first-order valence-corrected chi connectivity index (χ1v) is 5.20. The summed E-state index contributed by atoms with van der Waals surface area (Å²) in [5.41, 5.74) is 7.84. The zero-order valence-electron chi connectivity index (χ0n) is 9.43. The van der Waals surface area contributed by atoms with E-state index in [2.05, 4.69) is 10.5 Å². The van der Waals surface area contributed by atoms with Gasteiger partial charge in [-0.3, -0.25) is 4.79 Å². The van der Waals surface area contributed by atoms with Crippen LogP contribution in [0.1, 0.15) is 21.7 Å². The smallest absolute Gasteiger partial charge is 0.251 e. The van der Waals surface area contributed by atoms with E-state index in [1.165, 1.54) is 6.20 Å². The molecule has 17 heavy (non-hydrogen) atoms. The molecule has 0 aliphatic heterocycles. The standard InChI is InChI=1S/C12H13N3O2/c1-8-2-3-9(6-11(8)13)12(16)14-7-10-4-5-15-17-10/h2-6H,7,13H2,1H3,(H,14,16). The number of aromatic nitrogens is 1. The van der Waals surface area contributed by atoms with Gasteiger partial charge in [-0.1, -0.05) is 11.2 Å². The van der Waals surface area contributed by atoms with Gasteiger partial charge in [-0.15, -0.1) is 0 Å². The molecule has 1 heterocycles. The van der Waals surface area contributed by atoms with Crippen molar-refractivity contribution in [3.05, 3.63) is 47.3 Å². The van der Waals surface area contributed by atoms with E-state index in [-0.39, 0.29) is 5.91 Å². The number of nitrogen functional groups attached to an aromatic ring is 1. The van der Waals surface area contributed by atoms with Gasteiger partial charge in [0.1, 0.15) is 0 Å². The molecule has 0 saturated heterocycles. The maximum Gasteiger partial charge on any atom is 0.251 e. The number of nitrogens with one attached hydrogen (secondary N) is 1. The van der Waals surface area contributed by atoms with Crippen LogP contribution in [0.5, 0.6) is 0 Å². The zero-order valence-corrected chi connectivity index (χ0v) is 9.43. The summed E-state index contributed by atoms with van der Waals surface area (Å²) in [4.78, 5) is 11.8. The van der Waals surface area contributed by atoms with Crippen molar-refractivity contribution in [2.45, 2.75) is 13.5 Å². The quantitative estimate of drug-likeness (QED) is 0.784. The van der Waals surface area contributed by atoms with Crippen molar-refractivity contribution in [3.8, 4) is 0 Å². The molecule has 2 aromatic rings. The lowest BCUT2D eigenvalue weighted by molar-refractivity contribution is 0.0947. The summed E-state index contributed by atoms with van der Waals surface area (Å²) in [6, 6.07) is 6.91. The fourth-order valence-electron chi connectivity index (χ4n) is 1.38. The third-order valence-corrected chi connectivity index (χ3v) is 2.46. The minimum Gasteiger partial charge on any atom is -0.398 e. The molecule has 0 aliphatic carbocycles. The van der Waals surface area contributed by atoms with Gasteiger partial charge in [0.25, 0.3) is 5.91 Å². The Kier molecular flexibility index (Phi) is 3.09. The highest BCUT2D eigenvalue weighted by molar-refractivity contribution is 5.95. The normalized spacial score (nSPS) is 10.2. The SMILES string of the molecule is Cc1ccc(C(=O)NCc2ccno2)cc1N. The molecule has 0 aliphatic rings. The number of anilines is 1. The molecule has 0 spiro atoms. The fourth-order valence-corrected chi connectivity index (χ4v) is 1.38. The molecule has 88 valence electrons. The molecular weight excluding hydrogens is 218 g/mol. The highest BCUT2D eigenvalue weighted by atomic mass is 16.5. The minimum atomic E-state index is -0.187. The second-order valence-corrected chi connectivity index (χ2v) is 3.73. The van der Waals surface area contributed by atoms with E-state index in [9.17, 15) is 4.79 Å². The van der Waals surface area contributed by atoms with E-state index in [0.29, 0.717) is 23.6 Å². The van der Waals surface area contributed by atoms with Gasteiger partial charge >= 0.3 is 0 Å². The first-order valence-electron chi connectivity index (χ1n) is 5.20. The molecular formula is C12H13N3O2. The first kappa shape index (κ1) is 11.2. The van der Waals surface area contributed by atoms with Gasteiger partial charge in [0, 0.05) is 17.3 Å². The van der Waals surface area contributed by atoms with Gasteiger partial charge in [-0.25, -0.2) is 0 Å². The summed E-state index contributed by atoms with van der Waals surface area (Å²) in [5, 5.41) is 6.27. The first-order chi connectivity index (χ1) is 8.16. The minimum absolute atomic E-state index is 0.187. The average molecular weight is 231 g/mol. The molecule has 0 fully saturated rings. The average Bonchev–Trinajstić information content (AvgIpc) is 2.82. The van der Waals surface area contributed by atoms with Crippen molar-refractivity contribution in [1.29, 1.82) is 0 Å². The molecule has 2 rings (SSSR count). The van der Waals surface area contributed by atoms with Crippen LogP contribution in [0.2, 0.25) is 0 Å². The van der Waals surface area contributed by atoms with Crippen molar-refractivity contribution in [1.82, 2.24) is 10.5 Å². The number of carbonyl (C=O) groups excluding carboxylic acids is 1. The second kappa shape index (κ2) is 4.69. The summed E-state index contributed by atoms with van der Waals surface area (Å²) in [6.45, 7) is 2.21. The Morgan fingerprint density at radius 1 is 1.47 bits per heavy atom. The lowest BCUT2D eigenvalue weighted by Crippen LogP contribution is -2.22. The molecule has 5 heteroatoms. The Bertz CT molecular complexity index is 521. The second-order valence-electron chi connectivity index (χ2n) is 3.73. The predicted octanol–water partition coefficient (Wildman–Crippen LogP) is 1.50. The highest BCUT2D eigenvalue weighted by Gasteiger charge is 2.07. The molecule has 0 atom stereocenters. The number of hydrogen-bond acceptors (Lipinski definition) is 4. The van der Waals surface area contributed by atoms with Gasteiger partial charge in [-0.2, -0.15) is 0 Å². The van der Waals surface area contributed by atoms with Crippen molar-refractivity contribution in [2.75, 3.05) is 5.73 Å². The van der Waals surface area contributed by atoms with Gasteiger partial charge in [0.05, 0.1) is 12.7 Å². The van der Waals surface area contributed by atoms with Crippen LogP contribution in [0, 0.1) is 6.92 Å². The van der Waals surface area contributed by atoms with Crippen LogP contribution in [-0.4, -0.2) is 11.1 Å². The molecule has 0 bridgehead atoms. The molecule has 3 N–H and O–H groups in total. The summed E-state index contributed by atoms with van der Waals surface area (Å²) in [6.07, 6.45) is 1.53. The third kappa shape index (κ3) is 2.63. The molecule has 1 amide bonds. The Labute approximate surface area is 98.6 Å². The van der Waals surface area contributed by atoms with Crippen LogP contribution in [0.3, 0.4) is 0 Å². The molecule has 0 saturated carbocycles. The van der Waals surface area contributed by atoms with Gasteiger partial charge in [0.15, 0.2) is 5.76 Å². The maximum atomic E-state index is 11.8. The largest absolute Gasteiger partial charge is 0.398 e. The van der Waals surface area contributed by atoms with Gasteiger partial charge in [-0.05, 0) is 24.6 Å². The highest BCUT2D eigenvalue weighted by Crippen LogP contribution is 2.12.